The third kappa shape index (κ3) is 3.53. The smallest absolute Gasteiger partial charge is 0.415 e. The molecule has 1 N–H and O–H groups in total. The van der Waals surface area contributed by atoms with Crippen LogP contribution in [-0.2, 0) is 4.74 Å². The number of aromatic nitrogens is 1. The molecule has 1 heterocycles. The molecule has 2 aromatic carbocycles. The van der Waals surface area contributed by atoms with Gasteiger partial charge in [-0.25, -0.2) is 14.6 Å². The molecule has 0 spiro atoms. The average Bonchev–Trinajstić information content (AvgIpc) is 3.55. The van der Waals surface area contributed by atoms with Crippen molar-refractivity contribution in [3.8, 4) is 11.1 Å². The largest absolute Gasteiger partial charge is 0.478 e. The number of carboxylic acids is 1. The Hall–Kier alpha value is -3.38. The highest BCUT2D eigenvalue weighted by atomic mass is 35.5. The summed E-state index contributed by atoms with van der Waals surface area (Å²) >= 11 is 5.94. The van der Waals surface area contributed by atoms with Gasteiger partial charge in [0.15, 0.2) is 0 Å². The molecule has 0 radical (unpaired) electrons. The highest BCUT2D eigenvalue weighted by molar-refractivity contribution is 6.33. The van der Waals surface area contributed by atoms with E-state index in [2.05, 4.69) is 29.2 Å². The van der Waals surface area contributed by atoms with Crippen molar-refractivity contribution in [1.82, 2.24) is 4.98 Å². The van der Waals surface area contributed by atoms with E-state index in [4.69, 9.17) is 16.3 Å². The molecule has 2 aliphatic carbocycles. The fraction of sp³-hybridized carbons (Fsp3) is 0.208. The Morgan fingerprint density at radius 2 is 1.68 bits per heavy atom. The van der Waals surface area contributed by atoms with Gasteiger partial charge in [0, 0.05) is 18.2 Å². The number of fused-ring (bicyclic) bond motifs is 3. The molecule has 0 bridgehead atoms. The third-order valence-electron chi connectivity index (χ3n) is 5.76. The van der Waals surface area contributed by atoms with Gasteiger partial charge < -0.3 is 9.84 Å². The van der Waals surface area contributed by atoms with Crippen LogP contribution in [0.15, 0.2) is 60.8 Å². The highest BCUT2D eigenvalue weighted by Crippen LogP contribution is 2.44. The lowest BCUT2D eigenvalue weighted by Gasteiger charge is -2.23. The Morgan fingerprint density at radius 3 is 2.26 bits per heavy atom. The van der Waals surface area contributed by atoms with Crippen molar-refractivity contribution in [2.45, 2.75) is 24.8 Å². The second-order valence-corrected chi connectivity index (χ2v) is 8.14. The molecule has 1 amide bonds. The van der Waals surface area contributed by atoms with Gasteiger partial charge in [0.25, 0.3) is 0 Å². The summed E-state index contributed by atoms with van der Waals surface area (Å²) in [4.78, 5) is 30.1. The lowest BCUT2D eigenvalue weighted by atomic mass is 9.98. The molecule has 1 aromatic heterocycles. The predicted molar refractivity (Wildman–Crippen MR) is 117 cm³/mol. The number of rotatable bonds is 5. The number of hydrogen-bond acceptors (Lipinski definition) is 4. The Morgan fingerprint density at radius 1 is 1.06 bits per heavy atom. The zero-order valence-electron chi connectivity index (χ0n) is 16.5. The van der Waals surface area contributed by atoms with Gasteiger partial charge in [-0.15, -0.1) is 0 Å². The normalized spacial score (nSPS) is 14.6. The summed E-state index contributed by atoms with van der Waals surface area (Å²) in [6, 6.07) is 17.5. The summed E-state index contributed by atoms with van der Waals surface area (Å²) in [5, 5.41) is 9.38. The van der Waals surface area contributed by atoms with Gasteiger partial charge in [-0.2, -0.15) is 0 Å². The summed E-state index contributed by atoms with van der Waals surface area (Å²) in [6.45, 7) is 0.190. The molecule has 2 aliphatic rings. The van der Waals surface area contributed by atoms with E-state index in [0.29, 0.717) is 0 Å². The van der Waals surface area contributed by atoms with Crippen LogP contribution in [-0.4, -0.2) is 34.8 Å². The van der Waals surface area contributed by atoms with E-state index in [1.807, 2.05) is 24.3 Å². The molecule has 0 aliphatic heterocycles. The van der Waals surface area contributed by atoms with Crippen molar-refractivity contribution in [3.05, 3.63) is 82.5 Å². The van der Waals surface area contributed by atoms with Crippen LogP contribution in [0.1, 0.15) is 40.2 Å². The van der Waals surface area contributed by atoms with Gasteiger partial charge in [-0.1, -0.05) is 60.1 Å². The lowest BCUT2D eigenvalue weighted by molar-refractivity contribution is 0.0696. The van der Waals surface area contributed by atoms with Crippen molar-refractivity contribution in [2.75, 3.05) is 11.5 Å². The number of pyridine rings is 1. The van der Waals surface area contributed by atoms with E-state index >= 15 is 0 Å². The molecule has 0 atom stereocenters. The van der Waals surface area contributed by atoms with Gasteiger partial charge in [0.1, 0.15) is 12.4 Å². The monoisotopic (exact) mass is 434 g/mol. The van der Waals surface area contributed by atoms with Crippen molar-refractivity contribution >= 4 is 29.5 Å². The number of anilines is 1. The van der Waals surface area contributed by atoms with Crippen LogP contribution in [0.3, 0.4) is 0 Å². The summed E-state index contributed by atoms with van der Waals surface area (Å²) < 4.78 is 5.75. The zero-order valence-corrected chi connectivity index (χ0v) is 17.2. The Kier molecular flexibility index (Phi) is 4.87. The summed E-state index contributed by atoms with van der Waals surface area (Å²) in [7, 11) is 0. The lowest BCUT2D eigenvalue weighted by Crippen LogP contribution is -2.35. The first kappa shape index (κ1) is 19.6. The molecule has 1 saturated carbocycles. The summed E-state index contributed by atoms with van der Waals surface area (Å²) in [5.74, 6) is -0.983. The van der Waals surface area contributed by atoms with Crippen LogP contribution >= 0.6 is 11.6 Å². The number of ether oxygens (including phenoxy) is 1. The first-order valence-corrected chi connectivity index (χ1v) is 10.5. The van der Waals surface area contributed by atoms with Crippen LogP contribution in [0.2, 0.25) is 5.02 Å². The van der Waals surface area contributed by atoms with Crippen LogP contribution in [0, 0.1) is 0 Å². The van der Waals surface area contributed by atoms with E-state index in [0.717, 1.165) is 35.1 Å². The summed E-state index contributed by atoms with van der Waals surface area (Å²) in [6.07, 6.45) is 2.36. The number of nitrogens with zero attached hydrogens (tertiary/aromatic N) is 2. The molecule has 3 aromatic rings. The Labute approximate surface area is 184 Å². The number of carbonyl (C=O) groups excluding carboxylic acids is 1. The number of aromatic carboxylic acids is 1. The minimum Gasteiger partial charge on any atom is -0.478 e. The molecule has 7 heteroatoms. The number of benzene rings is 2. The molecule has 0 unspecified atom stereocenters. The molecule has 0 saturated heterocycles. The van der Waals surface area contributed by atoms with Crippen molar-refractivity contribution < 1.29 is 19.4 Å². The maximum atomic E-state index is 13.1. The quantitative estimate of drug-likeness (QED) is 0.585. The number of amides is 1. The van der Waals surface area contributed by atoms with Crippen LogP contribution < -0.4 is 4.90 Å². The maximum absolute atomic E-state index is 13.1. The van der Waals surface area contributed by atoms with Crippen molar-refractivity contribution in [2.24, 2.45) is 0 Å². The topological polar surface area (TPSA) is 79.7 Å². The predicted octanol–water partition coefficient (Wildman–Crippen LogP) is 5.35. The van der Waals surface area contributed by atoms with Gasteiger partial charge in [0.05, 0.1) is 10.6 Å². The average molecular weight is 435 g/mol. The SMILES string of the molecule is O=C(O)c1cc(N(C(=O)OCC2c3ccccc3-c3ccccc32)C2CC2)ncc1Cl. The minimum absolute atomic E-state index is 0.0273. The van der Waals surface area contributed by atoms with Crippen LogP contribution in [0.5, 0.6) is 0 Å². The second-order valence-electron chi connectivity index (χ2n) is 7.73. The first-order valence-electron chi connectivity index (χ1n) is 10.1. The van der Waals surface area contributed by atoms with Crippen molar-refractivity contribution in [1.29, 1.82) is 0 Å². The highest BCUT2D eigenvalue weighted by Gasteiger charge is 2.37. The number of halogens is 1. The van der Waals surface area contributed by atoms with Crippen molar-refractivity contribution in [3.63, 3.8) is 0 Å². The number of carboxylic acid groups (broad SMARTS) is 1. The molecular weight excluding hydrogens is 416 g/mol. The molecule has 6 nitrogen and oxygen atoms in total. The fourth-order valence-electron chi connectivity index (χ4n) is 4.15. The van der Waals surface area contributed by atoms with E-state index in [9.17, 15) is 14.7 Å². The van der Waals surface area contributed by atoms with Gasteiger partial charge in [-0.3, -0.25) is 4.90 Å². The molecular formula is C24H19ClN2O4. The van der Waals surface area contributed by atoms with Crippen LogP contribution in [0.25, 0.3) is 11.1 Å². The van der Waals surface area contributed by atoms with E-state index < -0.39 is 12.1 Å². The summed E-state index contributed by atoms with van der Waals surface area (Å²) in [5.41, 5.74) is 4.48. The first-order chi connectivity index (χ1) is 15.0. The van der Waals surface area contributed by atoms with E-state index in [1.54, 1.807) is 0 Å². The Bertz CT molecular complexity index is 1150. The molecule has 31 heavy (non-hydrogen) atoms. The fourth-order valence-corrected chi connectivity index (χ4v) is 4.33. The van der Waals surface area contributed by atoms with Gasteiger partial charge >= 0.3 is 12.1 Å². The molecule has 156 valence electrons. The maximum Gasteiger partial charge on any atom is 0.415 e. The minimum atomic E-state index is -1.17. The molecule has 1 fully saturated rings. The zero-order chi connectivity index (χ0) is 21.5. The van der Waals surface area contributed by atoms with E-state index in [-0.39, 0.29) is 35.0 Å². The number of hydrogen-bond donors (Lipinski definition) is 1. The standard InChI is InChI=1S/C24H19ClN2O4/c25-21-12-26-22(11-19(21)23(28)29)27(14-9-10-14)24(30)31-13-20-17-7-3-1-5-15(17)16-6-2-4-8-18(16)20/h1-8,11-12,14,20H,9-10,13H2,(H,28,29). The van der Waals surface area contributed by atoms with E-state index in [1.165, 1.54) is 17.2 Å². The van der Waals surface area contributed by atoms with Gasteiger partial charge in [-0.05, 0) is 41.2 Å². The third-order valence-corrected chi connectivity index (χ3v) is 6.06. The Balaban J connectivity index is 1.40. The van der Waals surface area contributed by atoms with Crippen LogP contribution in [0.4, 0.5) is 10.6 Å². The number of carbonyl (C=O) groups is 2. The van der Waals surface area contributed by atoms with Gasteiger partial charge in [0.2, 0.25) is 0 Å². The molecule has 5 rings (SSSR count). The second kappa shape index (κ2) is 7.71.